The van der Waals surface area contributed by atoms with Crippen molar-refractivity contribution in [3.05, 3.63) is 11.6 Å². The zero-order chi connectivity index (χ0) is 17.3. The third-order valence-corrected chi connectivity index (χ3v) is 8.96. The smallest absolute Gasteiger partial charge is 0.150 e. The number of fused-ring (bicyclic) bond motifs is 5. The Bertz CT molecular complexity index is 599. The van der Waals surface area contributed by atoms with Gasteiger partial charge in [0.15, 0.2) is 0 Å². The maximum absolute atomic E-state index is 12.4. The second kappa shape index (κ2) is 5.17. The minimum absolute atomic E-state index is 0.0319. The monoisotopic (exact) mass is 331 g/mol. The summed E-state index contributed by atoms with van der Waals surface area (Å²) in [5, 5.41) is 10.1. The molecule has 3 nitrogen and oxygen atoms in total. The maximum atomic E-state index is 12.4. The van der Waals surface area contributed by atoms with Crippen molar-refractivity contribution < 1.29 is 9.90 Å². The molecule has 3 unspecified atom stereocenters. The average molecular weight is 332 g/mol. The zero-order valence-electron chi connectivity index (χ0n) is 15.5. The highest BCUT2D eigenvalue weighted by Gasteiger charge is 2.64. The van der Waals surface area contributed by atoms with Crippen LogP contribution >= 0.6 is 0 Å². The summed E-state index contributed by atoms with van der Waals surface area (Å²) in [6.45, 7) is 6.44. The first-order chi connectivity index (χ1) is 11.2. The standard InChI is InChI=1S/C21H33NO2/c1-13(23)21(22)11-8-18-16-5-4-14-12-15(24)6-9-19(14,2)17(16)7-10-20(18,21)3/h4,15-18,24H,5-12,22H2,1-3H3/t15-,16?,17?,18?,19-,20-,21+/m0/s1. The van der Waals surface area contributed by atoms with Crippen LogP contribution in [0.25, 0.3) is 0 Å². The van der Waals surface area contributed by atoms with Gasteiger partial charge in [0.25, 0.3) is 0 Å². The number of nitrogens with two attached hydrogens (primary N) is 1. The zero-order valence-corrected chi connectivity index (χ0v) is 15.5. The number of aliphatic hydroxyl groups excluding tert-OH is 1. The van der Waals surface area contributed by atoms with Crippen molar-refractivity contribution in [1.29, 1.82) is 0 Å². The van der Waals surface area contributed by atoms with Crippen molar-refractivity contribution >= 4 is 5.78 Å². The van der Waals surface area contributed by atoms with Crippen LogP contribution in [0.15, 0.2) is 11.6 Å². The van der Waals surface area contributed by atoms with Gasteiger partial charge in [-0.1, -0.05) is 25.5 Å². The quantitative estimate of drug-likeness (QED) is 0.722. The minimum Gasteiger partial charge on any atom is -0.393 e. The number of aliphatic hydroxyl groups is 1. The number of hydrogen-bond acceptors (Lipinski definition) is 3. The molecule has 0 aromatic carbocycles. The molecule has 3 saturated carbocycles. The van der Waals surface area contributed by atoms with Crippen molar-refractivity contribution in [3.63, 3.8) is 0 Å². The molecule has 3 N–H and O–H groups in total. The fourth-order valence-corrected chi connectivity index (χ4v) is 7.30. The van der Waals surface area contributed by atoms with Crippen LogP contribution in [-0.2, 0) is 4.79 Å². The largest absolute Gasteiger partial charge is 0.393 e. The minimum atomic E-state index is -0.615. The van der Waals surface area contributed by atoms with E-state index in [1.807, 2.05) is 0 Å². The number of ketones is 1. The molecule has 0 radical (unpaired) electrons. The Hall–Kier alpha value is -0.670. The van der Waals surface area contributed by atoms with Gasteiger partial charge >= 0.3 is 0 Å². The Kier molecular flexibility index (Phi) is 3.61. The molecule has 0 aliphatic heterocycles. The molecule has 4 rings (SSSR count). The third kappa shape index (κ3) is 1.94. The van der Waals surface area contributed by atoms with Gasteiger partial charge in [0, 0.05) is 0 Å². The fourth-order valence-electron chi connectivity index (χ4n) is 7.30. The molecular weight excluding hydrogens is 298 g/mol. The average Bonchev–Trinajstić information content (AvgIpc) is 2.81. The van der Waals surface area contributed by atoms with Crippen LogP contribution in [0, 0.1) is 28.6 Å². The van der Waals surface area contributed by atoms with Crippen molar-refractivity contribution in [2.24, 2.45) is 34.3 Å². The summed E-state index contributed by atoms with van der Waals surface area (Å²) in [6, 6.07) is 0. The first kappa shape index (κ1) is 16.8. The van der Waals surface area contributed by atoms with Crippen LogP contribution in [0.3, 0.4) is 0 Å². The number of allylic oxidation sites excluding steroid dienone is 1. The van der Waals surface area contributed by atoms with Crippen LogP contribution < -0.4 is 5.73 Å². The Labute approximate surface area is 146 Å². The van der Waals surface area contributed by atoms with Gasteiger partial charge < -0.3 is 10.8 Å². The highest BCUT2D eigenvalue weighted by Crippen LogP contribution is 2.66. The molecule has 3 fully saturated rings. The van der Waals surface area contributed by atoms with Gasteiger partial charge in [0.1, 0.15) is 5.78 Å². The van der Waals surface area contributed by atoms with Crippen LogP contribution in [0.2, 0.25) is 0 Å². The molecule has 4 aliphatic carbocycles. The van der Waals surface area contributed by atoms with E-state index in [4.69, 9.17) is 5.73 Å². The van der Waals surface area contributed by atoms with Crippen LogP contribution in [-0.4, -0.2) is 22.5 Å². The van der Waals surface area contributed by atoms with E-state index in [-0.39, 0.29) is 22.7 Å². The first-order valence-electron chi connectivity index (χ1n) is 9.90. The van der Waals surface area contributed by atoms with Crippen LogP contribution in [0.4, 0.5) is 0 Å². The fraction of sp³-hybridized carbons (Fsp3) is 0.857. The topological polar surface area (TPSA) is 63.3 Å². The van der Waals surface area contributed by atoms with Gasteiger partial charge in [-0.3, -0.25) is 4.79 Å². The summed E-state index contributed by atoms with van der Waals surface area (Å²) in [4.78, 5) is 12.4. The molecule has 24 heavy (non-hydrogen) atoms. The molecule has 7 atom stereocenters. The Morgan fingerprint density at radius 3 is 2.58 bits per heavy atom. The summed E-state index contributed by atoms with van der Waals surface area (Å²) in [5.74, 6) is 2.13. The third-order valence-electron chi connectivity index (χ3n) is 8.96. The summed E-state index contributed by atoms with van der Waals surface area (Å²) in [7, 11) is 0. The number of carbonyl (C=O) groups excluding carboxylic acids is 1. The molecular formula is C21H33NO2. The highest BCUT2D eigenvalue weighted by molar-refractivity contribution is 5.87. The lowest BCUT2D eigenvalue weighted by molar-refractivity contribution is -0.130. The summed E-state index contributed by atoms with van der Waals surface area (Å²) in [5.41, 5.74) is 7.82. The molecule has 134 valence electrons. The molecule has 0 bridgehead atoms. The lowest BCUT2D eigenvalue weighted by Gasteiger charge is -2.59. The van der Waals surface area contributed by atoms with Gasteiger partial charge in [-0.2, -0.15) is 0 Å². The number of carbonyl (C=O) groups is 1. The van der Waals surface area contributed by atoms with E-state index in [9.17, 15) is 9.90 Å². The lowest BCUT2D eigenvalue weighted by atomic mass is 9.46. The van der Waals surface area contributed by atoms with E-state index < -0.39 is 5.54 Å². The summed E-state index contributed by atoms with van der Waals surface area (Å²) >= 11 is 0. The van der Waals surface area contributed by atoms with Crippen LogP contribution in [0.1, 0.15) is 72.1 Å². The van der Waals surface area contributed by atoms with E-state index >= 15 is 0 Å². The Morgan fingerprint density at radius 2 is 1.88 bits per heavy atom. The second-order valence-corrected chi connectivity index (χ2v) is 9.68. The molecule has 0 spiro atoms. The second-order valence-electron chi connectivity index (χ2n) is 9.68. The van der Waals surface area contributed by atoms with Gasteiger partial charge in [0.05, 0.1) is 11.6 Å². The van der Waals surface area contributed by atoms with E-state index in [0.29, 0.717) is 17.8 Å². The molecule has 3 heteroatoms. The van der Waals surface area contributed by atoms with Gasteiger partial charge in [-0.05, 0) is 86.9 Å². The molecule has 0 heterocycles. The van der Waals surface area contributed by atoms with E-state index in [1.165, 1.54) is 12.0 Å². The molecule has 4 aliphatic rings. The van der Waals surface area contributed by atoms with Crippen LogP contribution in [0.5, 0.6) is 0 Å². The SMILES string of the molecule is CC(=O)[C@]1(N)CCC2C3CC=C4C[C@@H](O)CC[C@]4(C)C3CC[C@@]21C. The van der Waals surface area contributed by atoms with Crippen molar-refractivity contribution in [2.75, 3.05) is 0 Å². The van der Waals surface area contributed by atoms with Crippen molar-refractivity contribution in [1.82, 2.24) is 0 Å². The van der Waals surface area contributed by atoms with E-state index in [1.54, 1.807) is 6.92 Å². The molecule has 0 aromatic rings. The Morgan fingerprint density at radius 1 is 1.17 bits per heavy atom. The first-order valence-corrected chi connectivity index (χ1v) is 9.90. The van der Waals surface area contributed by atoms with E-state index in [2.05, 4.69) is 19.9 Å². The van der Waals surface area contributed by atoms with Crippen molar-refractivity contribution in [2.45, 2.75) is 83.8 Å². The predicted molar refractivity (Wildman–Crippen MR) is 95.3 cm³/mol. The molecule has 0 aromatic heterocycles. The Balaban J connectivity index is 1.69. The summed E-state index contributed by atoms with van der Waals surface area (Å²) in [6.07, 6.45) is 10.6. The van der Waals surface area contributed by atoms with Gasteiger partial charge in [-0.15, -0.1) is 0 Å². The normalized spacial score (nSPS) is 53.6. The molecule has 0 amide bonds. The lowest BCUT2D eigenvalue weighted by Crippen LogP contribution is -2.61. The van der Waals surface area contributed by atoms with Gasteiger partial charge in [0.2, 0.25) is 0 Å². The van der Waals surface area contributed by atoms with Crippen molar-refractivity contribution in [3.8, 4) is 0 Å². The van der Waals surface area contributed by atoms with Gasteiger partial charge in [-0.25, -0.2) is 0 Å². The predicted octanol–water partition coefficient (Wildman–Crippen LogP) is 3.60. The number of Topliss-reactive ketones (excluding diaryl/α,β-unsaturated/α-hetero) is 1. The maximum Gasteiger partial charge on any atom is 0.150 e. The number of hydrogen-bond donors (Lipinski definition) is 2. The summed E-state index contributed by atoms with van der Waals surface area (Å²) < 4.78 is 0. The number of rotatable bonds is 1. The van der Waals surface area contributed by atoms with E-state index in [0.717, 1.165) is 44.9 Å². The highest BCUT2D eigenvalue weighted by atomic mass is 16.3. The molecule has 0 saturated heterocycles.